The van der Waals surface area contributed by atoms with Crippen molar-refractivity contribution >= 4 is 65.0 Å². The lowest BCUT2D eigenvalue weighted by molar-refractivity contribution is -0.137. The van der Waals surface area contributed by atoms with Gasteiger partial charge in [-0.2, -0.15) is 0 Å². The van der Waals surface area contributed by atoms with Crippen molar-refractivity contribution in [3.8, 4) is 5.75 Å². The van der Waals surface area contributed by atoms with Crippen LogP contribution in [0.4, 0.5) is 0 Å². The van der Waals surface area contributed by atoms with Crippen molar-refractivity contribution in [2.24, 2.45) is 17.2 Å². The molecule has 1 aliphatic heterocycles. The van der Waals surface area contributed by atoms with Crippen molar-refractivity contribution < 1.29 is 68.1 Å². The first-order valence-corrected chi connectivity index (χ1v) is 16.5. The Morgan fingerprint density at radius 1 is 0.500 bits per heavy atom. The summed E-state index contributed by atoms with van der Waals surface area (Å²) in [6, 6.07) is -5.38. The maximum absolute atomic E-state index is 13.5. The van der Waals surface area contributed by atoms with E-state index in [-0.39, 0.29) is 12.2 Å². The predicted molar refractivity (Wildman–Crippen MR) is 185 cm³/mol. The van der Waals surface area contributed by atoms with E-state index in [2.05, 4.69) is 37.2 Å². The molecule has 17 N–H and O–H groups in total. The molecule has 0 aliphatic carbocycles. The summed E-state index contributed by atoms with van der Waals surface area (Å²) in [6.45, 7) is -4.07. The van der Waals surface area contributed by atoms with Gasteiger partial charge in [-0.15, -0.1) is 0 Å². The highest BCUT2D eigenvalue weighted by molar-refractivity contribution is 6.00. The molecule has 56 heavy (non-hydrogen) atoms. The monoisotopic (exact) mass is 793 g/mol. The molecule has 0 spiro atoms. The topological polar surface area (TPSA) is 423 Å². The van der Waals surface area contributed by atoms with Crippen LogP contribution in [0.1, 0.15) is 24.8 Å². The van der Waals surface area contributed by atoms with Crippen LogP contribution in [0.3, 0.4) is 0 Å². The van der Waals surface area contributed by atoms with E-state index in [9.17, 15) is 68.1 Å². The third kappa shape index (κ3) is 15.2. The van der Waals surface area contributed by atoms with Gasteiger partial charge in [0, 0.05) is 6.42 Å². The van der Waals surface area contributed by atoms with Crippen LogP contribution >= 0.6 is 0 Å². The highest BCUT2D eigenvalue weighted by Crippen LogP contribution is 2.12. The summed E-state index contributed by atoms with van der Waals surface area (Å²) in [5.41, 5.74) is 16.0. The highest BCUT2D eigenvalue weighted by atomic mass is 16.3. The Labute approximate surface area is 316 Å². The number of nitrogens with two attached hydrogens (primary N) is 3. The van der Waals surface area contributed by atoms with Gasteiger partial charge in [-0.3, -0.25) is 52.7 Å². The summed E-state index contributed by atoms with van der Waals surface area (Å²) in [4.78, 5) is 140. The second kappa shape index (κ2) is 21.7. The molecule has 0 unspecified atom stereocenters. The molecule has 1 heterocycles. The van der Waals surface area contributed by atoms with Crippen molar-refractivity contribution in [1.29, 1.82) is 0 Å². The van der Waals surface area contributed by atoms with E-state index in [1.165, 1.54) is 24.3 Å². The molecule has 25 heteroatoms. The van der Waals surface area contributed by atoms with Gasteiger partial charge < -0.3 is 75.1 Å². The zero-order valence-corrected chi connectivity index (χ0v) is 29.5. The second-order valence-electron chi connectivity index (χ2n) is 12.2. The van der Waals surface area contributed by atoms with Crippen LogP contribution in [-0.2, 0) is 59.2 Å². The molecule has 2 rings (SSSR count). The number of rotatable bonds is 10. The molecule has 1 aliphatic rings. The normalized spacial score (nSPS) is 24.0. The zero-order valence-electron chi connectivity index (χ0n) is 29.5. The van der Waals surface area contributed by atoms with Crippen molar-refractivity contribution in [1.82, 2.24) is 42.5 Å². The summed E-state index contributed by atoms with van der Waals surface area (Å²) in [6.07, 6.45) is -2.89. The number of nitrogens with one attached hydrogen (secondary N) is 8. The van der Waals surface area contributed by atoms with Gasteiger partial charge in [-0.1, -0.05) is 12.1 Å². The molecule has 306 valence electrons. The molecule has 1 aromatic rings. The number of aromatic hydroxyl groups is 1. The van der Waals surface area contributed by atoms with E-state index < -0.39 is 147 Å². The van der Waals surface area contributed by atoms with Gasteiger partial charge in [0.05, 0.1) is 45.6 Å². The smallest absolute Gasteiger partial charge is 0.245 e. The molecule has 1 fully saturated rings. The molecule has 11 amide bonds. The SMILES string of the molecule is NC(=O)C[C@@H]1NC(=O)CNC(=O)[C@@H](CC(N)=O)NC(=O)[C@H](Cc2ccc(O)cc2)NC(=O)[C@@H](CO)NC(=O)CNC(=O)[C@H](CC(N)=O)NC(=O)[C@H](CO)NC1=O. The van der Waals surface area contributed by atoms with Gasteiger partial charge in [0.25, 0.3) is 0 Å². The van der Waals surface area contributed by atoms with Crippen molar-refractivity contribution in [2.75, 3.05) is 26.3 Å². The average Bonchev–Trinajstić information content (AvgIpc) is 3.12. The van der Waals surface area contributed by atoms with E-state index in [0.717, 1.165) is 0 Å². The molecule has 0 radical (unpaired) electrons. The zero-order chi connectivity index (χ0) is 42.1. The first-order chi connectivity index (χ1) is 26.3. The van der Waals surface area contributed by atoms with E-state index in [4.69, 9.17) is 17.2 Å². The van der Waals surface area contributed by atoms with Crippen LogP contribution in [0.5, 0.6) is 5.75 Å². The minimum atomic E-state index is -1.88. The first-order valence-electron chi connectivity index (χ1n) is 16.5. The summed E-state index contributed by atoms with van der Waals surface area (Å²) in [7, 11) is 0. The Kier molecular flexibility index (Phi) is 17.6. The number of aliphatic hydroxyl groups excluding tert-OH is 2. The molecule has 0 bridgehead atoms. The summed E-state index contributed by atoms with van der Waals surface area (Å²) >= 11 is 0. The standard InChI is InChI=1S/C31H43N11O14/c32-21(46)6-16-26(51)35-9-24(49)37-18(8-23(34)48)29(54)42-20(12-44)31(56)41-17(7-22(33)47)27(52)36-10-25(50)38-19(11-43)30(55)39-15(28(53)40-16)5-13-1-3-14(45)4-2-13/h1-4,15-20,43-45H,5-12H2,(H2,32,46)(H2,33,47)(H2,34,48)(H,35,51)(H,36,52)(H,37,49)(H,38,50)(H,39,55)(H,40,53)(H,41,56)(H,42,54)/t15-,16+,17-,18-,19+,20-/m0/s1. The van der Waals surface area contributed by atoms with Crippen LogP contribution in [0.25, 0.3) is 0 Å². The highest BCUT2D eigenvalue weighted by Gasteiger charge is 2.33. The fourth-order valence-corrected chi connectivity index (χ4v) is 4.86. The number of amides is 11. The van der Waals surface area contributed by atoms with Crippen molar-refractivity contribution in [3.63, 3.8) is 0 Å². The van der Waals surface area contributed by atoms with E-state index in [1.54, 1.807) is 0 Å². The number of benzene rings is 1. The average molecular weight is 794 g/mol. The predicted octanol–water partition coefficient (Wildman–Crippen LogP) is -9.30. The molecule has 25 nitrogen and oxygen atoms in total. The number of hydrogen-bond acceptors (Lipinski definition) is 14. The number of phenols is 1. The van der Waals surface area contributed by atoms with E-state index >= 15 is 0 Å². The lowest BCUT2D eigenvalue weighted by Crippen LogP contribution is -2.60. The second-order valence-corrected chi connectivity index (χ2v) is 12.2. The lowest BCUT2D eigenvalue weighted by Gasteiger charge is -2.25. The third-order valence-electron chi connectivity index (χ3n) is 7.64. The molecular formula is C31H43N11O14. The van der Waals surface area contributed by atoms with Gasteiger partial charge in [0.2, 0.25) is 65.0 Å². The maximum atomic E-state index is 13.5. The number of phenolic OH excluding ortho intramolecular Hbond substituents is 1. The van der Waals surface area contributed by atoms with Gasteiger partial charge in [-0.25, -0.2) is 0 Å². The third-order valence-corrected chi connectivity index (χ3v) is 7.64. The Bertz CT molecular complexity index is 1690. The fourth-order valence-electron chi connectivity index (χ4n) is 4.86. The van der Waals surface area contributed by atoms with Crippen LogP contribution < -0.4 is 59.7 Å². The minimum absolute atomic E-state index is 0.146. The number of aliphatic hydroxyl groups is 2. The van der Waals surface area contributed by atoms with Crippen LogP contribution in [0, 0.1) is 0 Å². The summed E-state index contributed by atoms with van der Waals surface area (Å²) < 4.78 is 0. The van der Waals surface area contributed by atoms with Crippen LogP contribution in [-0.4, -0.2) is 143 Å². The van der Waals surface area contributed by atoms with Gasteiger partial charge in [0.1, 0.15) is 42.0 Å². The number of primary amides is 3. The largest absolute Gasteiger partial charge is 0.508 e. The number of hydrogen-bond donors (Lipinski definition) is 14. The molecule has 0 saturated carbocycles. The van der Waals surface area contributed by atoms with Crippen molar-refractivity contribution in [3.05, 3.63) is 29.8 Å². The number of carbonyl (C=O) groups is 11. The van der Waals surface area contributed by atoms with Gasteiger partial charge in [0.15, 0.2) is 0 Å². The Morgan fingerprint density at radius 3 is 1.23 bits per heavy atom. The molecule has 0 aromatic heterocycles. The molecule has 1 saturated heterocycles. The molecular weight excluding hydrogens is 750 g/mol. The summed E-state index contributed by atoms with van der Waals surface area (Å²) in [5, 5.41) is 46.3. The fraction of sp³-hybridized carbons (Fsp3) is 0.452. The quantitative estimate of drug-likeness (QED) is 0.105. The van der Waals surface area contributed by atoms with E-state index in [1.807, 2.05) is 5.32 Å². The summed E-state index contributed by atoms with van der Waals surface area (Å²) in [5.74, 6) is -12.9. The van der Waals surface area contributed by atoms with Gasteiger partial charge in [-0.05, 0) is 17.7 Å². The minimum Gasteiger partial charge on any atom is -0.508 e. The van der Waals surface area contributed by atoms with E-state index in [0.29, 0.717) is 5.56 Å². The van der Waals surface area contributed by atoms with Crippen molar-refractivity contribution in [2.45, 2.75) is 61.9 Å². The van der Waals surface area contributed by atoms with Gasteiger partial charge >= 0.3 is 0 Å². The van der Waals surface area contributed by atoms with Crippen LogP contribution in [0.15, 0.2) is 24.3 Å². The molecule has 6 atom stereocenters. The maximum Gasteiger partial charge on any atom is 0.245 e. The Morgan fingerprint density at radius 2 is 0.821 bits per heavy atom. The lowest BCUT2D eigenvalue weighted by atomic mass is 10.0. The number of carbonyl (C=O) groups excluding carboxylic acids is 11. The van der Waals surface area contributed by atoms with Crippen LogP contribution in [0.2, 0.25) is 0 Å². The first kappa shape index (κ1) is 45.3. The Hall–Kier alpha value is -6.89. The molecule has 1 aromatic carbocycles. The Balaban J connectivity index is 2.53.